The Morgan fingerprint density at radius 2 is 0.921 bits per heavy atom. The van der Waals surface area contributed by atoms with Crippen molar-refractivity contribution in [3.05, 3.63) is 109 Å². The molecule has 6 rings (SSSR count). The van der Waals surface area contributed by atoms with Crippen LogP contribution in [0.1, 0.15) is 0 Å². The van der Waals surface area contributed by atoms with Gasteiger partial charge >= 0.3 is 0 Å². The Hall–Kier alpha value is -5.10. The summed E-state index contributed by atoms with van der Waals surface area (Å²) in [6.07, 6.45) is 0. The summed E-state index contributed by atoms with van der Waals surface area (Å²) in [6.45, 7) is 0. The van der Waals surface area contributed by atoms with Crippen LogP contribution in [0.3, 0.4) is 0 Å². The molecule has 38 heavy (non-hydrogen) atoms. The minimum Gasteiger partial charge on any atom is -0.497 e. The second-order valence-electron chi connectivity index (χ2n) is 8.81. The highest BCUT2D eigenvalue weighted by Crippen LogP contribution is 2.37. The number of ether oxygens (including phenoxy) is 2. The van der Waals surface area contributed by atoms with Gasteiger partial charge in [0.2, 0.25) is 0 Å². The molecule has 0 aliphatic carbocycles. The van der Waals surface area contributed by atoms with Crippen molar-refractivity contribution in [3.63, 3.8) is 0 Å². The average Bonchev–Trinajstić information content (AvgIpc) is 3.64. The zero-order valence-electron chi connectivity index (χ0n) is 21.1. The zero-order chi connectivity index (χ0) is 25.9. The van der Waals surface area contributed by atoms with Crippen LogP contribution in [0.2, 0.25) is 0 Å². The lowest BCUT2D eigenvalue weighted by atomic mass is 10.0. The summed E-state index contributed by atoms with van der Waals surface area (Å²) in [5.74, 6) is 2.83. The number of aromatic nitrogens is 4. The molecule has 6 heteroatoms. The fraction of sp³-hybridized carbons (Fsp3) is 0.0625. The summed E-state index contributed by atoms with van der Waals surface area (Å²) in [7, 11) is 3.33. The fourth-order valence-electron chi connectivity index (χ4n) is 4.56. The molecular weight excluding hydrogens is 472 g/mol. The molecule has 186 valence electrons. The number of benzene rings is 4. The maximum absolute atomic E-state index is 5.49. The third-order valence-electron chi connectivity index (χ3n) is 6.44. The summed E-state index contributed by atoms with van der Waals surface area (Å²) in [5.41, 5.74) is 7.45. The Morgan fingerprint density at radius 1 is 0.474 bits per heavy atom. The Labute approximate surface area is 221 Å². The van der Waals surface area contributed by atoms with E-state index in [1.165, 1.54) is 0 Å². The van der Waals surface area contributed by atoms with Gasteiger partial charge in [0, 0.05) is 22.3 Å². The molecule has 0 amide bonds. The fourth-order valence-corrected chi connectivity index (χ4v) is 4.56. The smallest absolute Gasteiger partial charge is 0.174 e. The van der Waals surface area contributed by atoms with Gasteiger partial charge in [0.05, 0.1) is 37.0 Å². The molecule has 4 aromatic carbocycles. The van der Waals surface area contributed by atoms with Gasteiger partial charge in [-0.25, -0.2) is 9.97 Å². The molecule has 2 heterocycles. The Kier molecular flexibility index (Phi) is 6.20. The molecule has 0 spiro atoms. The first-order valence-corrected chi connectivity index (χ1v) is 12.3. The molecule has 0 unspecified atom stereocenters. The van der Waals surface area contributed by atoms with Gasteiger partial charge in [-0.2, -0.15) is 0 Å². The number of nitrogens with zero attached hydrogens (tertiary/aromatic N) is 2. The number of imidazole rings is 2. The van der Waals surface area contributed by atoms with Gasteiger partial charge in [-0.3, -0.25) is 0 Å². The quantitative estimate of drug-likeness (QED) is 0.239. The second-order valence-corrected chi connectivity index (χ2v) is 8.81. The minimum atomic E-state index is 0.639. The average molecular weight is 499 g/mol. The van der Waals surface area contributed by atoms with Crippen LogP contribution in [0.4, 0.5) is 0 Å². The largest absolute Gasteiger partial charge is 0.497 e. The van der Waals surface area contributed by atoms with E-state index in [1.54, 1.807) is 14.2 Å². The zero-order valence-corrected chi connectivity index (χ0v) is 21.1. The lowest BCUT2D eigenvalue weighted by Crippen LogP contribution is -1.88. The highest BCUT2D eigenvalue weighted by molar-refractivity contribution is 5.84. The van der Waals surface area contributed by atoms with Gasteiger partial charge < -0.3 is 19.4 Å². The summed E-state index contributed by atoms with van der Waals surface area (Å²) in [4.78, 5) is 17.2. The van der Waals surface area contributed by atoms with Gasteiger partial charge in [0.15, 0.2) is 11.6 Å². The van der Waals surface area contributed by atoms with E-state index in [0.717, 1.165) is 56.5 Å². The van der Waals surface area contributed by atoms with Crippen LogP contribution in [-0.2, 0) is 0 Å². The minimum absolute atomic E-state index is 0.639. The highest BCUT2D eigenvalue weighted by atomic mass is 16.5. The van der Waals surface area contributed by atoms with Crippen LogP contribution in [-0.4, -0.2) is 34.2 Å². The monoisotopic (exact) mass is 498 g/mol. The molecule has 0 bridgehead atoms. The van der Waals surface area contributed by atoms with Crippen molar-refractivity contribution in [3.8, 4) is 68.2 Å². The lowest BCUT2D eigenvalue weighted by molar-refractivity contribution is 0.415. The van der Waals surface area contributed by atoms with Crippen LogP contribution in [0, 0.1) is 0 Å². The van der Waals surface area contributed by atoms with Crippen molar-refractivity contribution in [1.29, 1.82) is 0 Å². The topological polar surface area (TPSA) is 75.8 Å². The molecular formula is C32H26N4O2. The first-order valence-electron chi connectivity index (χ1n) is 12.3. The second kappa shape index (κ2) is 10.1. The number of rotatable bonds is 7. The van der Waals surface area contributed by atoms with Gasteiger partial charge in [-0.1, -0.05) is 84.9 Å². The Morgan fingerprint density at radius 3 is 1.50 bits per heavy atom. The highest BCUT2D eigenvalue weighted by Gasteiger charge is 2.21. The van der Waals surface area contributed by atoms with Crippen LogP contribution < -0.4 is 9.47 Å². The lowest BCUT2D eigenvalue weighted by Gasteiger charge is -2.07. The number of hydrogen-bond acceptors (Lipinski definition) is 4. The first kappa shape index (κ1) is 23.3. The maximum Gasteiger partial charge on any atom is 0.174 e. The molecule has 0 saturated heterocycles. The molecule has 0 fully saturated rings. The molecule has 0 aliphatic rings. The van der Waals surface area contributed by atoms with Crippen LogP contribution in [0.15, 0.2) is 109 Å². The van der Waals surface area contributed by atoms with Crippen molar-refractivity contribution in [1.82, 2.24) is 19.9 Å². The van der Waals surface area contributed by atoms with Crippen LogP contribution >= 0.6 is 0 Å². The SMILES string of the molecule is COc1cccc(-c2nc(-c3nc(-c4ccccc4)c(-c4ccccc4)[nH]3)[nH]c2-c2cccc(OC)c2)c1. The summed E-state index contributed by atoms with van der Waals surface area (Å²) in [5, 5.41) is 0. The number of aromatic amines is 2. The predicted octanol–water partition coefficient (Wildman–Crippen LogP) is 7.49. The van der Waals surface area contributed by atoms with E-state index < -0.39 is 0 Å². The third kappa shape index (κ3) is 4.44. The van der Waals surface area contributed by atoms with Crippen molar-refractivity contribution in [2.45, 2.75) is 0 Å². The van der Waals surface area contributed by atoms with Gasteiger partial charge in [-0.15, -0.1) is 0 Å². The Bertz CT molecular complexity index is 1570. The molecule has 2 aromatic heterocycles. The molecule has 0 radical (unpaired) electrons. The molecule has 6 aromatic rings. The van der Waals surface area contributed by atoms with E-state index in [4.69, 9.17) is 19.4 Å². The number of hydrogen-bond donors (Lipinski definition) is 2. The third-order valence-corrected chi connectivity index (χ3v) is 6.44. The molecule has 0 atom stereocenters. The standard InChI is InChI=1S/C32H26N4O2/c1-37-25-17-9-15-23(19-25)29-30(24-16-10-18-26(20-24)38-2)36-32(35-29)31-33-27(21-11-5-3-6-12-21)28(34-31)22-13-7-4-8-14-22/h3-20H,1-2H3,(H,33,34)(H,35,36). The van der Waals surface area contributed by atoms with Crippen LogP contribution in [0.25, 0.3) is 56.7 Å². The van der Waals surface area contributed by atoms with Gasteiger partial charge in [0.1, 0.15) is 11.5 Å². The van der Waals surface area contributed by atoms with E-state index in [9.17, 15) is 0 Å². The van der Waals surface area contributed by atoms with Crippen molar-refractivity contribution in [2.24, 2.45) is 0 Å². The molecule has 6 nitrogen and oxygen atoms in total. The normalized spacial score (nSPS) is 10.9. The van der Waals surface area contributed by atoms with Gasteiger partial charge in [-0.05, 0) is 24.3 Å². The number of nitrogens with one attached hydrogen (secondary N) is 2. The predicted molar refractivity (Wildman–Crippen MR) is 151 cm³/mol. The molecule has 0 saturated carbocycles. The molecule has 0 aliphatic heterocycles. The van der Waals surface area contributed by atoms with E-state index in [1.807, 2.05) is 84.9 Å². The van der Waals surface area contributed by atoms with Crippen molar-refractivity contribution < 1.29 is 9.47 Å². The summed E-state index contributed by atoms with van der Waals surface area (Å²) >= 11 is 0. The van der Waals surface area contributed by atoms with E-state index in [2.05, 4.69) is 34.2 Å². The van der Waals surface area contributed by atoms with Crippen molar-refractivity contribution >= 4 is 0 Å². The number of methoxy groups -OCH3 is 2. The first-order chi connectivity index (χ1) is 18.7. The number of H-pyrrole nitrogens is 2. The van der Waals surface area contributed by atoms with Crippen LogP contribution in [0.5, 0.6) is 11.5 Å². The maximum atomic E-state index is 5.49. The van der Waals surface area contributed by atoms with E-state index >= 15 is 0 Å². The van der Waals surface area contributed by atoms with E-state index in [0.29, 0.717) is 11.6 Å². The van der Waals surface area contributed by atoms with Crippen molar-refractivity contribution in [2.75, 3.05) is 14.2 Å². The van der Waals surface area contributed by atoms with E-state index in [-0.39, 0.29) is 0 Å². The molecule has 2 N–H and O–H groups in total. The summed E-state index contributed by atoms with van der Waals surface area (Å²) in [6, 6.07) is 36.2. The Balaban J connectivity index is 1.55. The summed E-state index contributed by atoms with van der Waals surface area (Å²) < 4.78 is 11.0. The van der Waals surface area contributed by atoms with Gasteiger partial charge in [0.25, 0.3) is 0 Å².